The Hall–Kier alpha value is -1.42. The molecule has 0 saturated carbocycles. The number of hydrogen-bond donors (Lipinski definition) is 1. The summed E-state index contributed by atoms with van der Waals surface area (Å²) in [6, 6.07) is 2.74. The lowest BCUT2D eigenvalue weighted by molar-refractivity contribution is 0.0998. The Bertz CT molecular complexity index is 288. The van der Waals surface area contributed by atoms with Crippen LogP contribution in [0.3, 0.4) is 0 Å². The van der Waals surface area contributed by atoms with Crippen LogP contribution in [0.5, 0.6) is 0 Å². The molecule has 0 fully saturated rings. The van der Waals surface area contributed by atoms with Gasteiger partial charge < -0.3 is 5.73 Å². The highest BCUT2D eigenvalue weighted by atomic mass is 35.5. The van der Waals surface area contributed by atoms with Crippen LogP contribution in [0.25, 0.3) is 0 Å². The molecule has 2 N–H and O–H groups in total. The van der Waals surface area contributed by atoms with Crippen LogP contribution in [-0.4, -0.2) is 16.1 Å². The maximum Gasteiger partial charge on any atom is 0.270 e. The molecule has 1 amide bonds. The van der Waals surface area contributed by atoms with Crippen molar-refractivity contribution in [1.29, 1.82) is 0 Å². The largest absolute Gasteiger partial charge is 0.366 e. The number of halogens is 1. The first-order chi connectivity index (χ1) is 5.61. The Morgan fingerprint density at radius 3 is 2.42 bits per heavy atom. The van der Waals surface area contributed by atoms with Gasteiger partial charge in [0.2, 0.25) is 5.91 Å². The van der Waals surface area contributed by atoms with E-state index in [2.05, 4.69) is 4.98 Å². The van der Waals surface area contributed by atoms with Gasteiger partial charge >= 0.3 is 0 Å². The molecular weight excluding hydrogens is 180 g/mol. The third kappa shape index (κ3) is 1.79. The quantitative estimate of drug-likeness (QED) is 0.683. The number of carbonyl (C=O) groups excluding carboxylic acids is 2. The van der Waals surface area contributed by atoms with Gasteiger partial charge in [0, 0.05) is 6.20 Å². The lowest BCUT2D eigenvalue weighted by Crippen LogP contribution is -2.11. The highest BCUT2D eigenvalue weighted by molar-refractivity contribution is 6.67. The summed E-state index contributed by atoms with van der Waals surface area (Å²) in [7, 11) is 0. The molecular formula is C7H5ClN2O2. The van der Waals surface area contributed by atoms with Crippen molar-refractivity contribution in [2.24, 2.45) is 5.73 Å². The molecule has 0 saturated heterocycles. The third-order valence-electron chi connectivity index (χ3n) is 1.25. The molecule has 12 heavy (non-hydrogen) atoms. The second-order valence-electron chi connectivity index (χ2n) is 2.07. The average Bonchev–Trinajstić information content (AvgIpc) is 2.04. The second-order valence-corrected chi connectivity index (χ2v) is 2.41. The lowest BCUT2D eigenvalue weighted by atomic mass is 10.2. The maximum absolute atomic E-state index is 10.5. The monoisotopic (exact) mass is 184 g/mol. The summed E-state index contributed by atoms with van der Waals surface area (Å²) >= 11 is 5.12. The van der Waals surface area contributed by atoms with Gasteiger partial charge in [-0.2, -0.15) is 0 Å². The van der Waals surface area contributed by atoms with Gasteiger partial charge in [0.05, 0.1) is 5.56 Å². The molecule has 62 valence electrons. The second kappa shape index (κ2) is 3.32. The van der Waals surface area contributed by atoms with Crippen molar-refractivity contribution in [2.75, 3.05) is 0 Å². The molecule has 0 aliphatic heterocycles. The fraction of sp³-hybridized carbons (Fsp3) is 0. The highest BCUT2D eigenvalue weighted by Gasteiger charge is 2.04. The lowest BCUT2D eigenvalue weighted by Gasteiger charge is -1.94. The van der Waals surface area contributed by atoms with E-state index in [0.717, 1.165) is 0 Å². The van der Waals surface area contributed by atoms with Gasteiger partial charge in [0.1, 0.15) is 5.69 Å². The van der Waals surface area contributed by atoms with E-state index in [4.69, 9.17) is 17.3 Å². The van der Waals surface area contributed by atoms with E-state index in [-0.39, 0.29) is 11.3 Å². The van der Waals surface area contributed by atoms with Crippen molar-refractivity contribution < 1.29 is 9.59 Å². The van der Waals surface area contributed by atoms with Crippen molar-refractivity contribution in [3.8, 4) is 0 Å². The predicted octanol–water partition coefficient (Wildman–Crippen LogP) is 0.559. The minimum Gasteiger partial charge on any atom is -0.366 e. The zero-order valence-corrected chi connectivity index (χ0v) is 6.71. The number of primary amides is 1. The van der Waals surface area contributed by atoms with Crippen molar-refractivity contribution in [3.63, 3.8) is 0 Å². The van der Waals surface area contributed by atoms with Gasteiger partial charge in [-0.3, -0.25) is 14.6 Å². The van der Waals surface area contributed by atoms with Crippen LogP contribution < -0.4 is 5.73 Å². The van der Waals surface area contributed by atoms with Crippen molar-refractivity contribution in [1.82, 2.24) is 4.98 Å². The highest BCUT2D eigenvalue weighted by Crippen LogP contribution is 2.01. The normalized spacial score (nSPS) is 9.42. The number of nitrogens with two attached hydrogens (primary N) is 1. The molecule has 1 rings (SSSR count). The summed E-state index contributed by atoms with van der Waals surface area (Å²) in [5.74, 6) is -0.587. The average molecular weight is 185 g/mol. The van der Waals surface area contributed by atoms with Crippen LogP contribution in [-0.2, 0) is 0 Å². The summed E-state index contributed by atoms with van der Waals surface area (Å²) in [4.78, 5) is 24.7. The van der Waals surface area contributed by atoms with Crippen molar-refractivity contribution >= 4 is 22.8 Å². The van der Waals surface area contributed by atoms with Crippen LogP contribution in [0, 0.1) is 0 Å². The summed E-state index contributed by atoms with van der Waals surface area (Å²) in [5, 5.41) is -0.661. The zero-order valence-electron chi connectivity index (χ0n) is 5.95. The first-order valence-corrected chi connectivity index (χ1v) is 3.45. The molecule has 1 aromatic rings. The Labute approximate surface area is 73.3 Å². The van der Waals surface area contributed by atoms with Gasteiger partial charge in [-0.05, 0) is 23.7 Å². The van der Waals surface area contributed by atoms with Gasteiger partial charge in [-0.15, -0.1) is 0 Å². The number of rotatable bonds is 2. The minimum absolute atomic E-state index is 0.0988. The Morgan fingerprint density at radius 2 is 2.08 bits per heavy atom. The molecule has 0 bridgehead atoms. The summed E-state index contributed by atoms with van der Waals surface area (Å²) in [5.41, 5.74) is 5.29. The van der Waals surface area contributed by atoms with E-state index >= 15 is 0 Å². The minimum atomic E-state index is -0.661. The number of amides is 1. The number of carbonyl (C=O) groups is 2. The van der Waals surface area contributed by atoms with E-state index in [1.807, 2.05) is 0 Å². The molecule has 0 aliphatic rings. The smallest absolute Gasteiger partial charge is 0.270 e. The Kier molecular flexibility index (Phi) is 2.40. The zero-order chi connectivity index (χ0) is 9.14. The van der Waals surface area contributed by atoms with E-state index in [0.29, 0.717) is 0 Å². The Balaban J connectivity index is 3.01. The van der Waals surface area contributed by atoms with Gasteiger partial charge in [-0.1, -0.05) is 0 Å². The first-order valence-electron chi connectivity index (χ1n) is 3.07. The number of pyridine rings is 1. The number of aromatic nitrogens is 1. The molecule has 0 aliphatic carbocycles. The molecule has 5 heteroatoms. The van der Waals surface area contributed by atoms with Gasteiger partial charge in [0.25, 0.3) is 5.24 Å². The summed E-state index contributed by atoms with van der Waals surface area (Å²) in [6.45, 7) is 0. The summed E-state index contributed by atoms with van der Waals surface area (Å²) in [6.07, 6.45) is 1.21. The van der Waals surface area contributed by atoms with Crippen LogP contribution in [0.4, 0.5) is 0 Å². The molecule has 1 heterocycles. The van der Waals surface area contributed by atoms with Crippen molar-refractivity contribution in [2.45, 2.75) is 0 Å². The van der Waals surface area contributed by atoms with E-state index in [1.54, 1.807) is 0 Å². The molecule has 1 aromatic heterocycles. The van der Waals surface area contributed by atoms with E-state index < -0.39 is 11.1 Å². The topological polar surface area (TPSA) is 73.1 Å². The Morgan fingerprint density at radius 1 is 1.42 bits per heavy atom. The van der Waals surface area contributed by atoms with E-state index in [1.165, 1.54) is 18.3 Å². The standard InChI is InChI=1S/C7H5ClN2O2/c8-6(11)5-2-1-4(3-10-5)7(9)12/h1-3H,(H2,9,12). The SMILES string of the molecule is NC(=O)c1ccc(C(=O)Cl)nc1. The number of hydrogen-bond acceptors (Lipinski definition) is 3. The van der Waals surface area contributed by atoms with Crippen LogP contribution >= 0.6 is 11.6 Å². The van der Waals surface area contributed by atoms with E-state index in [9.17, 15) is 9.59 Å². The molecule has 0 aromatic carbocycles. The molecule has 0 atom stereocenters. The predicted molar refractivity (Wildman–Crippen MR) is 42.9 cm³/mol. The van der Waals surface area contributed by atoms with Crippen LogP contribution in [0.2, 0.25) is 0 Å². The van der Waals surface area contributed by atoms with Gasteiger partial charge in [0.15, 0.2) is 0 Å². The first kappa shape index (κ1) is 8.67. The van der Waals surface area contributed by atoms with Gasteiger partial charge in [-0.25, -0.2) is 0 Å². The van der Waals surface area contributed by atoms with Crippen LogP contribution in [0.15, 0.2) is 18.3 Å². The molecule has 0 radical (unpaired) electrons. The maximum atomic E-state index is 10.5. The van der Waals surface area contributed by atoms with Crippen molar-refractivity contribution in [3.05, 3.63) is 29.6 Å². The fourth-order valence-electron chi connectivity index (χ4n) is 0.656. The number of nitrogens with zero attached hydrogens (tertiary/aromatic N) is 1. The summed E-state index contributed by atoms with van der Waals surface area (Å²) < 4.78 is 0. The fourth-order valence-corrected chi connectivity index (χ4v) is 0.768. The third-order valence-corrected chi connectivity index (χ3v) is 1.44. The van der Waals surface area contributed by atoms with Crippen LogP contribution in [0.1, 0.15) is 20.8 Å². The molecule has 0 spiro atoms. The molecule has 4 nitrogen and oxygen atoms in total. The molecule has 0 unspecified atom stereocenters.